The maximum Gasteiger partial charge on any atom is 0.351 e. The third kappa shape index (κ3) is 5.05. The topological polar surface area (TPSA) is 148 Å². The lowest BCUT2D eigenvalue weighted by Gasteiger charge is -2.52. The number of carbonyl (C=O) groups excluding carboxylic acids is 4. The maximum absolute atomic E-state index is 13.8. The molecule has 0 saturated heterocycles. The van der Waals surface area contributed by atoms with Crippen molar-refractivity contribution >= 4 is 23.7 Å². The van der Waals surface area contributed by atoms with Crippen LogP contribution in [0.2, 0.25) is 0 Å². The van der Waals surface area contributed by atoms with Crippen LogP contribution in [0.5, 0.6) is 5.75 Å². The van der Waals surface area contributed by atoms with E-state index >= 15 is 0 Å². The molecule has 4 rings (SSSR count). The molecule has 2 aliphatic rings. The van der Waals surface area contributed by atoms with Gasteiger partial charge in [-0.25, -0.2) is 4.79 Å². The van der Waals surface area contributed by atoms with E-state index in [1.54, 1.807) is 32.2 Å². The van der Waals surface area contributed by atoms with Crippen LogP contribution >= 0.6 is 0 Å². The predicted octanol–water partition coefficient (Wildman–Crippen LogP) is 2.88. The summed E-state index contributed by atoms with van der Waals surface area (Å²) >= 11 is 0. The van der Waals surface area contributed by atoms with Crippen molar-refractivity contribution in [2.45, 2.75) is 64.8 Å². The summed E-state index contributed by atoms with van der Waals surface area (Å²) in [4.78, 5) is 66.5. The lowest BCUT2D eigenvalue weighted by atomic mass is 9.62. The van der Waals surface area contributed by atoms with E-state index in [9.17, 15) is 24.0 Å². The molecular formula is C27H29NO10. The van der Waals surface area contributed by atoms with Crippen molar-refractivity contribution in [2.75, 3.05) is 6.61 Å². The number of carbonyl (C=O) groups is 4. The smallest absolute Gasteiger partial charge is 0.351 e. The summed E-state index contributed by atoms with van der Waals surface area (Å²) in [7, 11) is 0. The molecule has 0 unspecified atom stereocenters. The van der Waals surface area contributed by atoms with E-state index < -0.39 is 58.5 Å². The monoisotopic (exact) mass is 527 g/mol. The molecular weight excluding hydrogens is 498 g/mol. The lowest BCUT2D eigenvalue weighted by Crippen LogP contribution is -2.64. The van der Waals surface area contributed by atoms with Crippen molar-refractivity contribution in [1.82, 2.24) is 4.98 Å². The minimum absolute atomic E-state index is 0.0158. The highest BCUT2D eigenvalue weighted by Gasteiger charge is 2.60. The summed E-state index contributed by atoms with van der Waals surface area (Å²) in [6.45, 7) is 6.65. The number of pyridine rings is 1. The SMILES string of the molecule is CC(=O)OC[C@@](C)(OC(C)=O)[C@@H]1C[C@H](OC(C)=O)[C@@]2(C)Oc3cc(-c4cccnc4)oc(=O)c3C(=O)[C@@H]2C1. The quantitative estimate of drug-likeness (QED) is 0.403. The zero-order chi connectivity index (χ0) is 27.8. The highest BCUT2D eigenvalue weighted by Crippen LogP contribution is 2.50. The van der Waals surface area contributed by atoms with Gasteiger partial charge in [0, 0.05) is 50.7 Å². The van der Waals surface area contributed by atoms with Crippen molar-refractivity contribution in [3.63, 3.8) is 0 Å². The van der Waals surface area contributed by atoms with Gasteiger partial charge in [0.05, 0.1) is 5.92 Å². The number of aromatic nitrogens is 1. The molecule has 0 bridgehead atoms. The fraction of sp³-hybridized carbons (Fsp3) is 0.481. The number of ketones is 1. The molecule has 1 aliphatic heterocycles. The highest BCUT2D eigenvalue weighted by molar-refractivity contribution is 6.02. The Labute approximate surface area is 218 Å². The summed E-state index contributed by atoms with van der Waals surface area (Å²) in [5.41, 5.74) is -3.30. The second-order valence-corrected chi connectivity index (χ2v) is 10.0. The van der Waals surface area contributed by atoms with Gasteiger partial charge in [-0.05, 0) is 38.8 Å². The van der Waals surface area contributed by atoms with Crippen molar-refractivity contribution in [3.8, 4) is 17.1 Å². The number of nitrogens with zero attached hydrogens (tertiary/aromatic N) is 1. The van der Waals surface area contributed by atoms with Crippen LogP contribution in [-0.2, 0) is 28.6 Å². The molecule has 2 aromatic heterocycles. The average Bonchev–Trinajstić information content (AvgIpc) is 2.83. The molecule has 0 radical (unpaired) electrons. The van der Waals surface area contributed by atoms with Crippen LogP contribution in [0.4, 0.5) is 0 Å². The Morgan fingerprint density at radius 1 is 1.13 bits per heavy atom. The minimum atomic E-state index is -1.34. The number of esters is 3. The van der Waals surface area contributed by atoms with Crippen molar-refractivity contribution < 1.29 is 42.5 Å². The summed E-state index contributed by atoms with van der Waals surface area (Å²) in [5, 5.41) is 0. The molecule has 11 nitrogen and oxygen atoms in total. The number of hydrogen-bond acceptors (Lipinski definition) is 11. The van der Waals surface area contributed by atoms with E-state index in [2.05, 4.69) is 4.98 Å². The Bertz CT molecular complexity index is 1340. The van der Waals surface area contributed by atoms with Gasteiger partial charge in [0.2, 0.25) is 0 Å². The van der Waals surface area contributed by atoms with E-state index in [1.165, 1.54) is 33.0 Å². The first-order chi connectivity index (χ1) is 17.8. The molecule has 5 atom stereocenters. The number of Topliss-reactive ketones (excluding diaryl/α,β-unsaturated/α-hetero) is 1. The standard InChI is InChI=1S/C27H29NO10/c1-14(29)34-13-26(4,37-16(3)31)18-9-19-24(32)23-21(38-27(19,5)22(10-18)35-15(2)30)11-20(36-25(23)33)17-7-6-8-28-12-17/h6-8,11-12,18-19,22H,9-10,13H2,1-5H3/t18-,19-,22-,26+,27-/m0/s1. The van der Waals surface area contributed by atoms with Gasteiger partial charge in [-0.3, -0.25) is 24.2 Å². The largest absolute Gasteiger partial charge is 0.482 e. The van der Waals surface area contributed by atoms with E-state index in [0.717, 1.165) is 0 Å². The second kappa shape index (κ2) is 10.0. The normalized spacial score (nSPS) is 25.6. The highest BCUT2D eigenvalue weighted by atomic mass is 16.6. The molecule has 0 amide bonds. The lowest BCUT2D eigenvalue weighted by molar-refractivity contribution is -0.198. The van der Waals surface area contributed by atoms with Crippen LogP contribution < -0.4 is 10.4 Å². The van der Waals surface area contributed by atoms with Crippen LogP contribution in [0.25, 0.3) is 11.3 Å². The number of ether oxygens (including phenoxy) is 4. The van der Waals surface area contributed by atoms with Gasteiger partial charge in [-0.2, -0.15) is 0 Å². The van der Waals surface area contributed by atoms with Gasteiger partial charge in [-0.15, -0.1) is 0 Å². The molecule has 0 spiro atoms. The molecule has 1 fully saturated rings. The van der Waals surface area contributed by atoms with Crippen molar-refractivity contribution in [3.05, 3.63) is 46.6 Å². The first-order valence-electron chi connectivity index (χ1n) is 12.2. The summed E-state index contributed by atoms with van der Waals surface area (Å²) in [6.07, 6.45) is 2.35. The van der Waals surface area contributed by atoms with Gasteiger partial charge >= 0.3 is 23.5 Å². The van der Waals surface area contributed by atoms with Crippen LogP contribution in [0.3, 0.4) is 0 Å². The molecule has 202 valence electrons. The van der Waals surface area contributed by atoms with Crippen LogP contribution in [-0.4, -0.2) is 52.6 Å². The molecule has 38 heavy (non-hydrogen) atoms. The van der Waals surface area contributed by atoms with Gasteiger partial charge in [-0.1, -0.05) is 0 Å². The third-order valence-electron chi connectivity index (χ3n) is 7.21. The summed E-state index contributed by atoms with van der Waals surface area (Å²) in [5.74, 6) is -3.71. The first-order valence-corrected chi connectivity index (χ1v) is 12.2. The number of hydrogen-bond donors (Lipinski definition) is 0. The van der Waals surface area contributed by atoms with Gasteiger partial charge in [0.15, 0.2) is 11.4 Å². The first kappa shape index (κ1) is 27.0. The zero-order valence-electron chi connectivity index (χ0n) is 21.8. The maximum atomic E-state index is 13.8. The second-order valence-electron chi connectivity index (χ2n) is 10.0. The van der Waals surface area contributed by atoms with Crippen molar-refractivity contribution in [2.24, 2.45) is 11.8 Å². The molecule has 0 N–H and O–H groups in total. The minimum Gasteiger partial charge on any atom is -0.482 e. The molecule has 2 aromatic rings. The number of rotatable bonds is 6. The molecule has 0 aromatic carbocycles. The predicted molar refractivity (Wildman–Crippen MR) is 130 cm³/mol. The average molecular weight is 528 g/mol. The van der Waals surface area contributed by atoms with E-state index in [1.807, 2.05) is 0 Å². The Morgan fingerprint density at radius 3 is 2.47 bits per heavy atom. The fourth-order valence-electron chi connectivity index (χ4n) is 5.34. The van der Waals surface area contributed by atoms with Crippen molar-refractivity contribution in [1.29, 1.82) is 0 Å². The zero-order valence-corrected chi connectivity index (χ0v) is 21.8. The van der Waals surface area contributed by atoms with E-state index in [-0.39, 0.29) is 36.5 Å². The van der Waals surface area contributed by atoms with Crippen LogP contribution in [0, 0.1) is 11.8 Å². The third-order valence-corrected chi connectivity index (χ3v) is 7.21. The molecule has 1 saturated carbocycles. The van der Waals surface area contributed by atoms with E-state index in [4.69, 9.17) is 23.4 Å². The molecule has 3 heterocycles. The van der Waals surface area contributed by atoms with E-state index in [0.29, 0.717) is 5.56 Å². The van der Waals surface area contributed by atoms with Crippen LogP contribution in [0.1, 0.15) is 57.8 Å². The molecule has 11 heteroatoms. The molecule has 1 aliphatic carbocycles. The Morgan fingerprint density at radius 2 is 1.87 bits per heavy atom. The Hall–Kier alpha value is -4.02. The van der Waals surface area contributed by atoms with Crippen LogP contribution in [0.15, 0.2) is 39.8 Å². The Balaban J connectivity index is 1.79. The van der Waals surface area contributed by atoms with Gasteiger partial charge in [0.1, 0.15) is 35.4 Å². The number of fused-ring (bicyclic) bond motifs is 2. The van der Waals surface area contributed by atoms with Gasteiger partial charge < -0.3 is 23.4 Å². The summed E-state index contributed by atoms with van der Waals surface area (Å²) in [6, 6.07) is 4.82. The van der Waals surface area contributed by atoms with Gasteiger partial charge in [0.25, 0.3) is 0 Å². The Kier molecular flexibility index (Phi) is 7.14. The summed E-state index contributed by atoms with van der Waals surface area (Å²) < 4.78 is 28.2. The fourth-order valence-corrected chi connectivity index (χ4v) is 5.34.